The summed E-state index contributed by atoms with van der Waals surface area (Å²) in [6.07, 6.45) is 0. The minimum absolute atomic E-state index is 0.160. The molecule has 0 saturated heterocycles. The summed E-state index contributed by atoms with van der Waals surface area (Å²) >= 11 is 3.22. The predicted molar refractivity (Wildman–Crippen MR) is 95.2 cm³/mol. The first-order valence-corrected chi connectivity index (χ1v) is 8.38. The quantitative estimate of drug-likeness (QED) is 0.676. The van der Waals surface area contributed by atoms with Gasteiger partial charge in [0.25, 0.3) is 5.91 Å². The van der Waals surface area contributed by atoms with Gasteiger partial charge in [-0.2, -0.15) is 5.10 Å². The van der Waals surface area contributed by atoms with Crippen LogP contribution < -0.4 is 0 Å². The smallest absolute Gasteiger partial charge is 0.289 e. The fraction of sp³-hybridized carbons (Fsp3) is 0.222. The molecule has 0 spiro atoms. The standard InChI is InChI=1S/C18H18BrN3O2/c1-12-15(11-21(3)18(23)16-9-10-17(19)24-16)13(2)22(20-12)14-7-5-4-6-8-14/h4-10H,11H2,1-3H3. The summed E-state index contributed by atoms with van der Waals surface area (Å²) in [7, 11) is 1.76. The lowest BCUT2D eigenvalue weighted by atomic mass is 10.2. The zero-order valence-electron chi connectivity index (χ0n) is 13.8. The highest BCUT2D eigenvalue weighted by Gasteiger charge is 2.20. The van der Waals surface area contributed by atoms with Gasteiger partial charge in [-0.05, 0) is 54.0 Å². The third-order valence-corrected chi connectivity index (χ3v) is 4.39. The van der Waals surface area contributed by atoms with Crippen LogP contribution in [0.25, 0.3) is 5.69 Å². The van der Waals surface area contributed by atoms with Crippen LogP contribution in [-0.4, -0.2) is 27.6 Å². The topological polar surface area (TPSA) is 51.3 Å². The van der Waals surface area contributed by atoms with Crippen LogP contribution >= 0.6 is 15.9 Å². The van der Waals surface area contributed by atoms with Crippen molar-refractivity contribution >= 4 is 21.8 Å². The minimum Gasteiger partial charge on any atom is -0.444 e. The van der Waals surface area contributed by atoms with E-state index < -0.39 is 0 Å². The zero-order chi connectivity index (χ0) is 17.3. The Bertz CT molecular complexity index is 868. The molecule has 3 rings (SSSR count). The molecular formula is C18H18BrN3O2. The van der Waals surface area contributed by atoms with E-state index in [2.05, 4.69) is 21.0 Å². The van der Waals surface area contributed by atoms with Crippen LogP contribution in [0.3, 0.4) is 0 Å². The van der Waals surface area contributed by atoms with E-state index in [-0.39, 0.29) is 5.91 Å². The van der Waals surface area contributed by atoms with E-state index in [9.17, 15) is 4.79 Å². The van der Waals surface area contributed by atoms with Gasteiger partial charge in [0.15, 0.2) is 10.4 Å². The second-order valence-corrected chi connectivity index (χ2v) is 6.44. The third-order valence-electron chi connectivity index (χ3n) is 3.97. The Balaban J connectivity index is 1.85. The number of halogens is 1. The van der Waals surface area contributed by atoms with Crippen LogP contribution in [0.2, 0.25) is 0 Å². The van der Waals surface area contributed by atoms with E-state index >= 15 is 0 Å². The second-order valence-electron chi connectivity index (χ2n) is 5.66. The van der Waals surface area contributed by atoms with Crippen molar-refractivity contribution in [3.8, 4) is 5.69 Å². The summed E-state index contributed by atoms with van der Waals surface area (Å²) < 4.78 is 7.80. The van der Waals surface area contributed by atoms with Crippen molar-refractivity contribution in [2.45, 2.75) is 20.4 Å². The molecule has 124 valence electrons. The number of carbonyl (C=O) groups is 1. The highest BCUT2D eigenvalue weighted by atomic mass is 79.9. The first-order chi connectivity index (χ1) is 11.5. The van der Waals surface area contributed by atoms with Crippen LogP contribution in [0.15, 0.2) is 51.6 Å². The Morgan fingerprint density at radius 3 is 2.54 bits per heavy atom. The molecule has 2 heterocycles. The van der Waals surface area contributed by atoms with E-state index in [0.29, 0.717) is 17.0 Å². The van der Waals surface area contributed by atoms with E-state index in [0.717, 1.165) is 22.6 Å². The molecular weight excluding hydrogens is 370 g/mol. The van der Waals surface area contributed by atoms with Crippen molar-refractivity contribution in [2.75, 3.05) is 7.05 Å². The van der Waals surface area contributed by atoms with Gasteiger partial charge in [0, 0.05) is 24.8 Å². The summed E-state index contributed by atoms with van der Waals surface area (Å²) in [5, 5.41) is 4.62. The van der Waals surface area contributed by atoms with E-state index in [1.54, 1.807) is 24.1 Å². The Labute approximate surface area is 149 Å². The van der Waals surface area contributed by atoms with Crippen molar-refractivity contribution in [3.05, 3.63) is 69.8 Å². The van der Waals surface area contributed by atoms with Crippen LogP contribution in [0, 0.1) is 13.8 Å². The first-order valence-electron chi connectivity index (χ1n) is 7.58. The number of aromatic nitrogens is 2. The summed E-state index contributed by atoms with van der Waals surface area (Å²) in [4.78, 5) is 14.1. The molecule has 1 amide bonds. The molecule has 5 nitrogen and oxygen atoms in total. The Kier molecular flexibility index (Phi) is 4.57. The van der Waals surface area contributed by atoms with Crippen LogP contribution in [-0.2, 0) is 6.54 Å². The summed E-state index contributed by atoms with van der Waals surface area (Å²) in [6.45, 7) is 4.45. The number of carbonyl (C=O) groups excluding carboxylic acids is 1. The van der Waals surface area contributed by atoms with Gasteiger partial charge in [-0.15, -0.1) is 0 Å². The molecule has 24 heavy (non-hydrogen) atoms. The maximum Gasteiger partial charge on any atom is 0.289 e. The number of aryl methyl sites for hydroxylation is 1. The molecule has 0 unspecified atom stereocenters. The number of amides is 1. The monoisotopic (exact) mass is 387 g/mol. The van der Waals surface area contributed by atoms with Gasteiger partial charge in [0.1, 0.15) is 0 Å². The van der Waals surface area contributed by atoms with E-state index in [4.69, 9.17) is 4.42 Å². The van der Waals surface area contributed by atoms with Crippen molar-refractivity contribution in [1.82, 2.24) is 14.7 Å². The SMILES string of the molecule is Cc1nn(-c2ccccc2)c(C)c1CN(C)C(=O)c1ccc(Br)o1. The molecule has 0 aliphatic rings. The van der Waals surface area contributed by atoms with Crippen molar-refractivity contribution in [2.24, 2.45) is 0 Å². The number of nitrogens with zero attached hydrogens (tertiary/aromatic N) is 3. The van der Waals surface area contributed by atoms with Crippen LogP contribution in [0.5, 0.6) is 0 Å². The molecule has 0 bridgehead atoms. The largest absolute Gasteiger partial charge is 0.444 e. The molecule has 6 heteroatoms. The van der Waals surface area contributed by atoms with Crippen LogP contribution in [0.4, 0.5) is 0 Å². The lowest BCUT2D eigenvalue weighted by molar-refractivity contribution is 0.0751. The number of para-hydroxylation sites is 1. The van der Waals surface area contributed by atoms with Crippen molar-refractivity contribution in [1.29, 1.82) is 0 Å². The van der Waals surface area contributed by atoms with E-state index in [1.807, 2.05) is 48.9 Å². The summed E-state index contributed by atoms with van der Waals surface area (Å²) in [6, 6.07) is 13.3. The van der Waals surface area contributed by atoms with Gasteiger partial charge in [-0.25, -0.2) is 4.68 Å². The van der Waals surface area contributed by atoms with Gasteiger partial charge in [0.05, 0.1) is 11.4 Å². The number of hydrogen-bond acceptors (Lipinski definition) is 3. The average Bonchev–Trinajstić information content (AvgIpc) is 3.13. The molecule has 0 fully saturated rings. The van der Waals surface area contributed by atoms with E-state index in [1.165, 1.54) is 0 Å². The molecule has 0 aliphatic carbocycles. The zero-order valence-corrected chi connectivity index (χ0v) is 15.4. The first kappa shape index (κ1) is 16.5. The maximum atomic E-state index is 12.4. The summed E-state index contributed by atoms with van der Waals surface area (Å²) in [5.41, 5.74) is 3.99. The Morgan fingerprint density at radius 2 is 1.92 bits per heavy atom. The highest BCUT2D eigenvalue weighted by Crippen LogP contribution is 2.21. The molecule has 3 aromatic rings. The molecule has 0 saturated carbocycles. The molecule has 1 aromatic carbocycles. The number of furan rings is 1. The fourth-order valence-electron chi connectivity index (χ4n) is 2.65. The fourth-order valence-corrected chi connectivity index (χ4v) is 2.96. The lowest BCUT2D eigenvalue weighted by Crippen LogP contribution is -2.26. The van der Waals surface area contributed by atoms with Crippen molar-refractivity contribution < 1.29 is 9.21 Å². The Hall–Kier alpha value is -2.34. The number of hydrogen-bond donors (Lipinski definition) is 0. The second kappa shape index (κ2) is 6.65. The number of rotatable bonds is 4. The van der Waals surface area contributed by atoms with Gasteiger partial charge in [-0.3, -0.25) is 4.79 Å². The average molecular weight is 388 g/mol. The summed E-state index contributed by atoms with van der Waals surface area (Å²) in [5.74, 6) is 0.155. The predicted octanol–water partition coefficient (Wildman–Crippen LogP) is 4.12. The van der Waals surface area contributed by atoms with Gasteiger partial charge >= 0.3 is 0 Å². The molecule has 0 aliphatic heterocycles. The third kappa shape index (κ3) is 3.14. The van der Waals surface area contributed by atoms with Crippen LogP contribution in [0.1, 0.15) is 27.5 Å². The van der Waals surface area contributed by atoms with Gasteiger partial charge < -0.3 is 9.32 Å². The number of benzene rings is 1. The minimum atomic E-state index is -0.160. The molecule has 0 atom stereocenters. The van der Waals surface area contributed by atoms with Gasteiger partial charge in [-0.1, -0.05) is 18.2 Å². The molecule has 2 aromatic heterocycles. The van der Waals surface area contributed by atoms with Crippen molar-refractivity contribution in [3.63, 3.8) is 0 Å². The highest BCUT2D eigenvalue weighted by molar-refractivity contribution is 9.10. The molecule has 0 N–H and O–H groups in total. The molecule has 0 radical (unpaired) electrons. The lowest BCUT2D eigenvalue weighted by Gasteiger charge is -2.16. The van der Waals surface area contributed by atoms with Gasteiger partial charge in [0.2, 0.25) is 0 Å². The Morgan fingerprint density at radius 1 is 1.21 bits per heavy atom. The maximum absolute atomic E-state index is 12.4. The normalized spacial score (nSPS) is 10.8.